The predicted molar refractivity (Wildman–Crippen MR) is 222 cm³/mol. The quantitative estimate of drug-likeness (QED) is 0.184. The third-order valence-corrected chi connectivity index (χ3v) is 12.4. The molecule has 0 radical (unpaired) electrons. The Hall–Kier alpha value is -6.16. The van der Waals surface area contributed by atoms with Gasteiger partial charge < -0.3 is 9.32 Å². The fraction of sp³-hybridized carbons (Fsp3) is 0.0612. The molecule has 0 saturated carbocycles. The Labute approximate surface area is 305 Å². The summed E-state index contributed by atoms with van der Waals surface area (Å²) in [7, 11) is 0. The van der Waals surface area contributed by atoms with Crippen molar-refractivity contribution in [1.29, 1.82) is 0 Å². The van der Waals surface area contributed by atoms with Crippen LogP contribution in [0.4, 0.5) is 17.1 Å². The van der Waals surface area contributed by atoms with E-state index in [9.17, 15) is 0 Å². The van der Waals surface area contributed by atoms with Crippen LogP contribution in [0.15, 0.2) is 168 Å². The maximum atomic E-state index is 6.43. The zero-order valence-corrected chi connectivity index (χ0v) is 29.7. The molecule has 11 rings (SSSR count). The molecule has 3 heteroatoms. The molecule has 1 aliphatic carbocycles. The summed E-state index contributed by atoms with van der Waals surface area (Å²) < 4.78 is 9.03. The summed E-state index contributed by atoms with van der Waals surface area (Å²) in [5.41, 5.74) is 13.0. The van der Waals surface area contributed by atoms with Crippen molar-refractivity contribution < 1.29 is 4.42 Å². The number of rotatable bonds is 4. The van der Waals surface area contributed by atoms with Crippen LogP contribution in [0, 0.1) is 0 Å². The molecule has 0 fully saturated rings. The normalized spacial score (nSPS) is 13.3. The molecule has 0 spiro atoms. The summed E-state index contributed by atoms with van der Waals surface area (Å²) in [4.78, 5) is 2.47. The summed E-state index contributed by atoms with van der Waals surface area (Å²) in [6, 6.07) is 59.9. The molecule has 1 aliphatic rings. The van der Waals surface area contributed by atoms with E-state index in [1.165, 1.54) is 64.6 Å². The molecular formula is C49H33NOS. The Kier molecular flexibility index (Phi) is 6.21. The summed E-state index contributed by atoms with van der Waals surface area (Å²) >= 11 is 1.87. The fourth-order valence-corrected chi connectivity index (χ4v) is 9.92. The summed E-state index contributed by atoms with van der Waals surface area (Å²) in [5.74, 6) is 0. The molecule has 0 saturated heterocycles. The van der Waals surface area contributed by atoms with Crippen molar-refractivity contribution in [2.24, 2.45) is 0 Å². The first-order valence-corrected chi connectivity index (χ1v) is 18.7. The van der Waals surface area contributed by atoms with Gasteiger partial charge in [0.1, 0.15) is 11.2 Å². The van der Waals surface area contributed by atoms with Gasteiger partial charge in [0.25, 0.3) is 0 Å². The highest BCUT2D eigenvalue weighted by Gasteiger charge is 2.37. The predicted octanol–water partition coefficient (Wildman–Crippen LogP) is 14.6. The third-order valence-electron chi connectivity index (χ3n) is 11.3. The second-order valence-electron chi connectivity index (χ2n) is 14.5. The molecule has 8 aromatic carbocycles. The maximum Gasteiger partial charge on any atom is 0.143 e. The molecule has 2 nitrogen and oxygen atoms in total. The van der Waals surface area contributed by atoms with Crippen LogP contribution in [-0.4, -0.2) is 0 Å². The minimum absolute atomic E-state index is 0.0934. The zero-order chi connectivity index (χ0) is 34.6. The lowest BCUT2D eigenvalue weighted by atomic mass is 9.82. The lowest BCUT2D eigenvalue weighted by Crippen LogP contribution is -2.16. The van der Waals surface area contributed by atoms with Gasteiger partial charge in [0.15, 0.2) is 0 Å². The van der Waals surface area contributed by atoms with Gasteiger partial charge in [-0.25, -0.2) is 0 Å². The van der Waals surface area contributed by atoms with Crippen molar-refractivity contribution in [3.63, 3.8) is 0 Å². The van der Waals surface area contributed by atoms with Crippen LogP contribution in [0.5, 0.6) is 0 Å². The van der Waals surface area contributed by atoms with Crippen molar-refractivity contribution in [1.82, 2.24) is 0 Å². The van der Waals surface area contributed by atoms with E-state index < -0.39 is 0 Å². The van der Waals surface area contributed by atoms with E-state index in [0.717, 1.165) is 38.7 Å². The smallest absolute Gasteiger partial charge is 0.143 e. The van der Waals surface area contributed by atoms with Gasteiger partial charge in [-0.1, -0.05) is 129 Å². The summed E-state index contributed by atoms with van der Waals surface area (Å²) in [5, 5.41) is 7.23. The van der Waals surface area contributed by atoms with E-state index in [4.69, 9.17) is 4.42 Å². The number of fused-ring (bicyclic) bond motifs is 11. The van der Waals surface area contributed by atoms with Crippen LogP contribution in [0.3, 0.4) is 0 Å². The minimum atomic E-state index is -0.0934. The molecular weight excluding hydrogens is 651 g/mol. The lowest BCUT2D eigenvalue weighted by molar-refractivity contribution is 0.660. The summed E-state index contributed by atoms with van der Waals surface area (Å²) in [6.07, 6.45) is 0. The van der Waals surface area contributed by atoms with Crippen LogP contribution in [0.1, 0.15) is 25.0 Å². The third kappa shape index (κ3) is 4.17. The van der Waals surface area contributed by atoms with Crippen molar-refractivity contribution in [2.75, 3.05) is 4.90 Å². The average Bonchev–Trinajstić information content (AvgIpc) is 3.83. The molecule has 10 aromatic rings. The second kappa shape index (κ2) is 10.9. The van der Waals surface area contributed by atoms with Gasteiger partial charge in [0.05, 0.1) is 5.69 Å². The highest BCUT2D eigenvalue weighted by molar-refractivity contribution is 7.25. The molecule has 0 atom stereocenters. The maximum absolute atomic E-state index is 6.43. The lowest BCUT2D eigenvalue weighted by Gasteiger charge is -2.29. The first kappa shape index (κ1) is 29.6. The topological polar surface area (TPSA) is 16.4 Å². The minimum Gasteiger partial charge on any atom is -0.455 e. The number of furan rings is 1. The van der Waals surface area contributed by atoms with Gasteiger partial charge in [0, 0.05) is 58.7 Å². The molecule has 2 aromatic heterocycles. The van der Waals surface area contributed by atoms with Crippen LogP contribution in [-0.2, 0) is 5.41 Å². The first-order valence-electron chi connectivity index (χ1n) is 17.9. The van der Waals surface area contributed by atoms with E-state index >= 15 is 0 Å². The van der Waals surface area contributed by atoms with Crippen molar-refractivity contribution in [3.05, 3.63) is 175 Å². The molecule has 2 heterocycles. The van der Waals surface area contributed by atoms with Crippen LogP contribution >= 0.6 is 11.3 Å². The molecule has 0 aliphatic heterocycles. The number of hydrogen-bond donors (Lipinski definition) is 0. The van der Waals surface area contributed by atoms with Crippen molar-refractivity contribution >= 4 is 81.3 Å². The van der Waals surface area contributed by atoms with E-state index in [1.54, 1.807) is 0 Å². The van der Waals surface area contributed by atoms with Crippen LogP contribution < -0.4 is 4.90 Å². The van der Waals surface area contributed by atoms with Crippen molar-refractivity contribution in [2.45, 2.75) is 19.3 Å². The Morgan fingerprint density at radius 1 is 0.481 bits per heavy atom. The molecule has 0 unspecified atom stereocenters. The number of hydrogen-bond acceptors (Lipinski definition) is 3. The first-order chi connectivity index (χ1) is 25.5. The molecule has 0 N–H and O–H groups in total. The Morgan fingerprint density at radius 3 is 2.02 bits per heavy atom. The SMILES string of the molecule is CC1(C)c2ccccc2-c2c(N(c3ccc(-c4cc5c6ccccc6oc5c5ccccc45)cc3)c3ccc4c(c3)sc3ccccc34)cccc21. The van der Waals surface area contributed by atoms with Gasteiger partial charge in [-0.2, -0.15) is 0 Å². The number of thiophene rings is 1. The zero-order valence-electron chi connectivity index (χ0n) is 28.9. The van der Waals surface area contributed by atoms with E-state index in [-0.39, 0.29) is 5.41 Å². The number of benzene rings is 8. The second-order valence-corrected chi connectivity index (χ2v) is 15.6. The van der Waals surface area contributed by atoms with Gasteiger partial charge in [-0.05, 0) is 81.7 Å². The van der Waals surface area contributed by atoms with Crippen molar-refractivity contribution in [3.8, 4) is 22.3 Å². The Bertz CT molecular complexity index is 3050. The van der Waals surface area contributed by atoms with Gasteiger partial charge in [-0.15, -0.1) is 11.3 Å². The van der Waals surface area contributed by atoms with Crippen LogP contribution in [0.2, 0.25) is 0 Å². The molecule has 52 heavy (non-hydrogen) atoms. The Morgan fingerprint density at radius 2 is 1.15 bits per heavy atom. The Balaban J connectivity index is 1.13. The summed E-state index contributed by atoms with van der Waals surface area (Å²) in [6.45, 7) is 4.71. The van der Waals surface area contributed by atoms with E-state index in [2.05, 4.69) is 176 Å². The fourth-order valence-electron chi connectivity index (χ4n) is 8.78. The van der Waals surface area contributed by atoms with Gasteiger partial charge in [-0.3, -0.25) is 0 Å². The highest BCUT2D eigenvalue weighted by Crippen LogP contribution is 2.54. The number of nitrogens with zero attached hydrogens (tertiary/aromatic N) is 1. The molecule has 0 amide bonds. The monoisotopic (exact) mass is 683 g/mol. The van der Waals surface area contributed by atoms with Gasteiger partial charge >= 0.3 is 0 Å². The highest BCUT2D eigenvalue weighted by atomic mass is 32.1. The standard InChI is InChI=1S/C49H33NOS/c1-49(2)41-17-8-5-16-38(41)47-42(49)18-11-19-43(47)50(32-26-27-36-35-14-7-10-21-45(35)52-46(36)28-32)31-24-22-30(23-25-31)39-29-40-34-13-6-9-20-44(34)51-48(40)37-15-4-3-12-33(37)39/h3-29H,1-2H3. The number of para-hydroxylation sites is 1. The van der Waals surface area contributed by atoms with Crippen LogP contribution in [0.25, 0.3) is 75.1 Å². The number of anilines is 3. The molecule has 246 valence electrons. The largest absolute Gasteiger partial charge is 0.455 e. The van der Waals surface area contributed by atoms with E-state index in [0.29, 0.717) is 0 Å². The van der Waals surface area contributed by atoms with Gasteiger partial charge in [0.2, 0.25) is 0 Å². The molecule has 0 bridgehead atoms. The average molecular weight is 684 g/mol. The van der Waals surface area contributed by atoms with E-state index in [1.807, 2.05) is 17.4 Å².